The molecule has 0 bridgehead atoms. The number of nitrogens with one attached hydrogen (secondary N) is 2. The Balaban J connectivity index is 2.95. The van der Waals surface area contributed by atoms with Gasteiger partial charge in [-0.2, -0.15) is 5.26 Å². The maximum Gasteiger partial charge on any atom is 0.241 e. The summed E-state index contributed by atoms with van der Waals surface area (Å²) in [6.45, 7) is 5.61. The average molecular weight is 237 g/mol. The van der Waals surface area contributed by atoms with Gasteiger partial charge in [-0.3, -0.25) is 4.79 Å². The highest BCUT2D eigenvalue weighted by Crippen LogP contribution is 2.31. The zero-order chi connectivity index (χ0) is 12.3. The lowest BCUT2D eigenvalue weighted by molar-refractivity contribution is -0.117. The van der Waals surface area contributed by atoms with Crippen molar-refractivity contribution < 1.29 is 4.79 Å². The van der Waals surface area contributed by atoms with Crippen LogP contribution in [-0.4, -0.2) is 19.0 Å². The number of amides is 1. The first-order valence-electron chi connectivity index (χ1n) is 4.99. The Hall–Kier alpha value is -1.38. The van der Waals surface area contributed by atoms with Gasteiger partial charge < -0.3 is 10.6 Å². The molecule has 0 fully saturated rings. The molecule has 1 atom stereocenters. The molecule has 4 nitrogen and oxygen atoms in total. The Bertz CT molecular complexity index is 445. The van der Waals surface area contributed by atoms with Crippen LogP contribution in [0.15, 0.2) is 0 Å². The third kappa shape index (κ3) is 2.40. The summed E-state index contributed by atoms with van der Waals surface area (Å²) < 4.78 is 0. The summed E-state index contributed by atoms with van der Waals surface area (Å²) >= 11 is 1.44. The van der Waals surface area contributed by atoms with Crippen molar-refractivity contribution in [2.24, 2.45) is 0 Å². The van der Waals surface area contributed by atoms with E-state index in [1.54, 1.807) is 14.0 Å². The topological polar surface area (TPSA) is 64.9 Å². The number of aryl methyl sites for hydroxylation is 1. The van der Waals surface area contributed by atoms with Crippen LogP contribution >= 0.6 is 11.3 Å². The summed E-state index contributed by atoms with van der Waals surface area (Å²) in [5, 5.41) is 15.3. The summed E-state index contributed by atoms with van der Waals surface area (Å²) in [6, 6.07) is 1.85. The molecule has 1 heterocycles. The molecule has 5 heteroatoms. The number of nitrogens with zero attached hydrogens (tertiary/aromatic N) is 1. The smallest absolute Gasteiger partial charge is 0.241 e. The Morgan fingerprint density at radius 3 is 2.62 bits per heavy atom. The molecule has 0 aromatic carbocycles. The van der Waals surface area contributed by atoms with E-state index in [0.717, 1.165) is 10.4 Å². The van der Waals surface area contributed by atoms with Gasteiger partial charge in [0.2, 0.25) is 5.91 Å². The van der Waals surface area contributed by atoms with Crippen LogP contribution in [0, 0.1) is 25.2 Å². The highest BCUT2D eigenvalue weighted by Gasteiger charge is 2.17. The average Bonchev–Trinajstić information content (AvgIpc) is 2.53. The number of hydrogen-bond acceptors (Lipinski definition) is 4. The van der Waals surface area contributed by atoms with Crippen molar-refractivity contribution in [3.63, 3.8) is 0 Å². The van der Waals surface area contributed by atoms with Gasteiger partial charge in [-0.1, -0.05) is 0 Å². The number of carbonyl (C=O) groups excluding carboxylic acids is 1. The van der Waals surface area contributed by atoms with Gasteiger partial charge in [0.25, 0.3) is 0 Å². The Kier molecular flexibility index (Phi) is 4.05. The van der Waals surface area contributed by atoms with Crippen LogP contribution in [0.1, 0.15) is 22.9 Å². The van der Waals surface area contributed by atoms with Gasteiger partial charge >= 0.3 is 0 Å². The van der Waals surface area contributed by atoms with Crippen LogP contribution in [0.25, 0.3) is 0 Å². The number of anilines is 1. The molecular formula is C11H15N3OS. The Morgan fingerprint density at radius 2 is 2.12 bits per heavy atom. The zero-order valence-electron chi connectivity index (χ0n) is 9.84. The van der Waals surface area contributed by atoms with E-state index in [-0.39, 0.29) is 11.9 Å². The van der Waals surface area contributed by atoms with Gasteiger partial charge in [-0.25, -0.2) is 0 Å². The summed E-state index contributed by atoms with van der Waals surface area (Å²) in [5.41, 5.74) is 1.51. The predicted molar refractivity (Wildman–Crippen MR) is 65.7 cm³/mol. The van der Waals surface area contributed by atoms with Gasteiger partial charge in [0.05, 0.1) is 11.6 Å². The fraction of sp³-hybridized carbons (Fsp3) is 0.455. The SMILES string of the molecule is CNC(C)C(=O)Nc1sc(C)c(C)c1C#N. The molecule has 0 saturated heterocycles. The van der Waals surface area contributed by atoms with Crippen LogP contribution in [0.4, 0.5) is 5.00 Å². The van der Waals surface area contributed by atoms with E-state index in [1.165, 1.54) is 11.3 Å². The molecule has 0 spiro atoms. The van der Waals surface area contributed by atoms with E-state index in [4.69, 9.17) is 5.26 Å². The van der Waals surface area contributed by atoms with Crippen molar-refractivity contribution in [3.8, 4) is 6.07 Å². The maximum absolute atomic E-state index is 11.7. The quantitative estimate of drug-likeness (QED) is 0.842. The van der Waals surface area contributed by atoms with Crippen LogP contribution in [0.5, 0.6) is 0 Å². The molecule has 1 unspecified atom stereocenters. The van der Waals surface area contributed by atoms with Gasteiger partial charge in [0.15, 0.2) is 0 Å². The standard InChI is InChI=1S/C11H15N3OS/c1-6-8(3)16-11(9(6)5-12)14-10(15)7(2)13-4/h7,13H,1-4H3,(H,14,15). The van der Waals surface area contributed by atoms with Gasteiger partial charge in [-0.15, -0.1) is 11.3 Å². The molecule has 16 heavy (non-hydrogen) atoms. The normalized spacial score (nSPS) is 11.9. The van der Waals surface area contributed by atoms with Crippen molar-refractivity contribution in [1.82, 2.24) is 5.32 Å². The molecule has 1 rings (SSSR count). The first-order chi connectivity index (χ1) is 7.51. The van der Waals surface area contributed by atoms with Crippen molar-refractivity contribution in [3.05, 3.63) is 16.0 Å². The van der Waals surface area contributed by atoms with Gasteiger partial charge in [0, 0.05) is 4.88 Å². The number of carbonyl (C=O) groups is 1. The maximum atomic E-state index is 11.7. The molecule has 0 aliphatic heterocycles. The molecule has 1 aromatic rings. The van der Waals surface area contributed by atoms with Gasteiger partial charge in [-0.05, 0) is 33.4 Å². The molecule has 86 valence electrons. The Morgan fingerprint density at radius 1 is 1.50 bits per heavy atom. The van der Waals surface area contributed by atoms with E-state index in [9.17, 15) is 4.79 Å². The minimum atomic E-state index is -0.269. The number of thiophene rings is 1. The van der Waals surface area contributed by atoms with E-state index in [0.29, 0.717) is 10.6 Å². The second-order valence-corrected chi connectivity index (χ2v) is 4.82. The molecule has 1 aromatic heterocycles. The van der Waals surface area contributed by atoms with E-state index in [2.05, 4.69) is 16.7 Å². The summed E-state index contributed by atoms with van der Waals surface area (Å²) in [6.07, 6.45) is 0. The van der Waals surface area contributed by atoms with Crippen molar-refractivity contribution >= 4 is 22.2 Å². The molecule has 2 N–H and O–H groups in total. The van der Waals surface area contributed by atoms with E-state index < -0.39 is 0 Å². The summed E-state index contributed by atoms with van der Waals surface area (Å²) in [7, 11) is 1.72. The Labute approximate surface area is 99.3 Å². The van der Waals surface area contributed by atoms with Gasteiger partial charge in [0.1, 0.15) is 11.1 Å². The molecule has 0 aliphatic rings. The molecular weight excluding hydrogens is 222 g/mol. The second kappa shape index (κ2) is 5.10. The predicted octanol–water partition coefficient (Wildman–Crippen LogP) is 1.78. The van der Waals surface area contributed by atoms with E-state index >= 15 is 0 Å². The third-order valence-electron chi connectivity index (χ3n) is 2.56. The lowest BCUT2D eigenvalue weighted by Gasteiger charge is -2.09. The fourth-order valence-electron chi connectivity index (χ4n) is 1.20. The van der Waals surface area contributed by atoms with Crippen LogP contribution < -0.4 is 10.6 Å². The molecule has 0 radical (unpaired) electrons. The first-order valence-corrected chi connectivity index (χ1v) is 5.81. The number of hydrogen-bond donors (Lipinski definition) is 2. The minimum absolute atomic E-state index is 0.125. The lowest BCUT2D eigenvalue weighted by Crippen LogP contribution is -2.35. The van der Waals surface area contributed by atoms with Crippen LogP contribution in [-0.2, 0) is 4.79 Å². The highest BCUT2D eigenvalue weighted by molar-refractivity contribution is 7.16. The monoisotopic (exact) mass is 237 g/mol. The largest absolute Gasteiger partial charge is 0.315 e. The first kappa shape index (κ1) is 12.7. The number of nitriles is 1. The summed E-state index contributed by atoms with van der Waals surface area (Å²) in [5.74, 6) is -0.125. The fourth-order valence-corrected chi connectivity index (χ4v) is 2.21. The van der Waals surface area contributed by atoms with Crippen LogP contribution in [0.3, 0.4) is 0 Å². The van der Waals surface area contributed by atoms with Crippen molar-refractivity contribution in [1.29, 1.82) is 5.26 Å². The highest BCUT2D eigenvalue weighted by atomic mass is 32.1. The van der Waals surface area contributed by atoms with Crippen LogP contribution in [0.2, 0.25) is 0 Å². The summed E-state index contributed by atoms with van der Waals surface area (Å²) in [4.78, 5) is 12.7. The lowest BCUT2D eigenvalue weighted by atomic mass is 10.2. The number of likely N-dealkylation sites (N-methyl/N-ethyl adjacent to an activating group) is 1. The molecule has 0 aliphatic carbocycles. The third-order valence-corrected chi connectivity index (χ3v) is 3.68. The zero-order valence-corrected chi connectivity index (χ0v) is 10.7. The minimum Gasteiger partial charge on any atom is -0.315 e. The van der Waals surface area contributed by atoms with Crippen molar-refractivity contribution in [2.75, 3.05) is 12.4 Å². The molecule has 0 saturated carbocycles. The second-order valence-electron chi connectivity index (χ2n) is 3.60. The van der Waals surface area contributed by atoms with E-state index in [1.807, 2.05) is 13.8 Å². The molecule has 1 amide bonds. The number of rotatable bonds is 3. The van der Waals surface area contributed by atoms with Crippen molar-refractivity contribution in [2.45, 2.75) is 26.8 Å².